The molecule has 0 aliphatic carbocycles. The Morgan fingerprint density at radius 3 is 2.84 bits per heavy atom. The van der Waals surface area contributed by atoms with Gasteiger partial charge in [-0.2, -0.15) is 5.10 Å². The van der Waals surface area contributed by atoms with E-state index < -0.39 is 0 Å². The summed E-state index contributed by atoms with van der Waals surface area (Å²) in [6.45, 7) is 5.01. The molecule has 0 aliphatic rings. The number of hydrogen-bond donors (Lipinski definition) is 1. The average Bonchev–Trinajstić information content (AvgIpc) is 3.40. The third-order valence-corrected chi connectivity index (χ3v) is 6.13. The van der Waals surface area contributed by atoms with Crippen molar-refractivity contribution in [2.75, 3.05) is 5.32 Å². The lowest BCUT2D eigenvalue weighted by atomic mass is 10.1. The zero-order chi connectivity index (χ0) is 21.8. The van der Waals surface area contributed by atoms with Crippen LogP contribution in [-0.2, 0) is 13.2 Å². The number of halogens is 1. The van der Waals surface area contributed by atoms with Gasteiger partial charge < -0.3 is 10.1 Å². The standard InChI is InChI=1S/C24H22ClN3O2S/c1-16-7-8-17(2)21(11-16)30-14-18-12-22(31-15-18)24(29)26-23-9-10-28(27-23)13-19-5-3-4-6-20(19)25/h3-12,15H,13-14H2,1-2H3,(H,26,27,29). The number of nitrogens with one attached hydrogen (secondary N) is 1. The molecule has 0 saturated carbocycles. The van der Waals surface area contributed by atoms with Crippen LogP contribution in [0, 0.1) is 13.8 Å². The fourth-order valence-electron chi connectivity index (χ4n) is 3.09. The molecule has 7 heteroatoms. The molecule has 0 atom stereocenters. The van der Waals surface area contributed by atoms with Crippen molar-refractivity contribution in [3.8, 4) is 5.75 Å². The number of carbonyl (C=O) groups is 1. The first-order valence-corrected chi connectivity index (χ1v) is 11.1. The van der Waals surface area contributed by atoms with Crippen molar-refractivity contribution < 1.29 is 9.53 Å². The smallest absolute Gasteiger partial charge is 0.266 e. The normalized spacial score (nSPS) is 10.8. The van der Waals surface area contributed by atoms with Crippen molar-refractivity contribution in [3.05, 3.63) is 98.3 Å². The van der Waals surface area contributed by atoms with E-state index in [9.17, 15) is 4.79 Å². The maximum absolute atomic E-state index is 12.6. The Labute approximate surface area is 190 Å². The fourth-order valence-corrected chi connectivity index (χ4v) is 4.08. The molecule has 158 valence electrons. The van der Waals surface area contributed by atoms with Crippen LogP contribution in [0.2, 0.25) is 5.02 Å². The van der Waals surface area contributed by atoms with Crippen LogP contribution in [0.4, 0.5) is 5.82 Å². The number of rotatable bonds is 7. The van der Waals surface area contributed by atoms with Crippen LogP contribution in [0.15, 0.2) is 66.2 Å². The molecular formula is C24H22ClN3O2S. The van der Waals surface area contributed by atoms with Crippen molar-refractivity contribution in [1.82, 2.24) is 9.78 Å². The Morgan fingerprint density at radius 2 is 2.00 bits per heavy atom. The predicted octanol–water partition coefficient (Wildman–Crippen LogP) is 6.09. The highest BCUT2D eigenvalue weighted by molar-refractivity contribution is 7.12. The molecule has 0 unspecified atom stereocenters. The molecule has 1 amide bonds. The predicted molar refractivity (Wildman–Crippen MR) is 125 cm³/mol. The lowest BCUT2D eigenvalue weighted by molar-refractivity contribution is 0.103. The molecule has 0 radical (unpaired) electrons. The van der Waals surface area contributed by atoms with Gasteiger partial charge in [-0.1, -0.05) is 41.9 Å². The minimum atomic E-state index is -0.189. The van der Waals surface area contributed by atoms with E-state index >= 15 is 0 Å². The van der Waals surface area contributed by atoms with Crippen molar-refractivity contribution >= 4 is 34.7 Å². The molecule has 2 aromatic heterocycles. The Hall–Kier alpha value is -3.09. The van der Waals surface area contributed by atoms with Gasteiger partial charge in [-0.05, 0) is 54.1 Å². The molecule has 0 aliphatic heterocycles. The van der Waals surface area contributed by atoms with Gasteiger partial charge in [0, 0.05) is 22.8 Å². The van der Waals surface area contributed by atoms with E-state index in [1.807, 2.05) is 67.9 Å². The van der Waals surface area contributed by atoms with E-state index in [1.54, 1.807) is 10.7 Å². The fraction of sp³-hybridized carbons (Fsp3) is 0.167. The molecule has 31 heavy (non-hydrogen) atoms. The zero-order valence-corrected chi connectivity index (χ0v) is 18.8. The SMILES string of the molecule is Cc1ccc(C)c(OCc2csc(C(=O)Nc3ccn(Cc4ccccc4Cl)n3)c2)c1. The number of anilines is 1. The number of carbonyl (C=O) groups excluding carboxylic acids is 1. The van der Waals surface area contributed by atoms with Crippen molar-refractivity contribution in [3.63, 3.8) is 0 Å². The van der Waals surface area contributed by atoms with E-state index in [2.05, 4.69) is 16.5 Å². The van der Waals surface area contributed by atoms with Crippen LogP contribution in [0.5, 0.6) is 5.75 Å². The number of amides is 1. The first kappa shape index (κ1) is 21.2. The quantitative estimate of drug-likeness (QED) is 0.369. The largest absolute Gasteiger partial charge is 0.489 e. The highest BCUT2D eigenvalue weighted by Gasteiger charge is 2.12. The molecule has 0 bridgehead atoms. The molecule has 4 aromatic rings. The number of nitrogens with zero attached hydrogens (tertiary/aromatic N) is 2. The highest BCUT2D eigenvalue weighted by atomic mass is 35.5. The third kappa shape index (κ3) is 5.34. The Balaban J connectivity index is 1.35. The van der Waals surface area contributed by atoms with Gasteiger partial charge in [0.1, 0.15) is 12.4 Å². The first-order valence-electron chi connectivity index (χ1n) is 9.83. The van der Waals surface area contributed by atoms with Crippen molar-refractivity contribution in [1.29, 1.82) is 0 Å². The van der Waals surface area contributed by atoms with E-state index in [1.165, 1.54) is 11.3 Å². The summed E-state index contributed by atoms with van der Waals surface area (Å²) >= 11 is 7.60. The van der Waals surface area contributed by atoms with Gasteiger partial charge in [0.05, 0.1) is 11.4 Å². The van der Waals surface area contributed by atoms with Crippen molar-refractivity contribution in [2.45, 2.75) is 27.0 Å². The number of aryl methyl sites for hydroxylation is 2. The Morgan fingerprint density at radius 1 is 1.16 bits per heavy atom. The second-order valence-electron chi connectivity index (χ2n) is 7.32. The summed E-state index contributed by atoms with van der Waals surface area (Å²) in [5.41, 5.74) is 4.17. The summed E-state index contributed by atoms with van der Waals surface area (Å²) in [4.78, 5) is 13.2. The van der Waals surface area contributed by atoms with E-state index in [0.717, 1.165) is 28.0 Å². The second-order valence-corrected chi connectivity index (χ2v) is 8.64. The Bertz CT molecular complexity index is 1220. The van der Waals surface area contributed by atoms with Crippen molar-refractivity contribution in [2.24, 2.45) is 0 Å². The Kier molecular flexibility index (Phi) is 6.39. The number of ether oxygens (including phenoxy) is 1. The summed E-state index contributed by atoms with van der Waals surface area (Å²) in [6, 6.07) is 17.4. The maximum Gasteiger partial charge on any atom is 0.266 e. The van der Waals surface area contributed by atoms with E-state index in [4.69, 9.17) is 16.3 Å². The van der Waals surface area contributed by atoms with Crippen LogP contribution in [0.3, 0.4) is 0 Å². The van der Waals surface area contributed by atoms with Crippen LogP contribution in [-0.4, -0.2) is 15.7 Å². The van der Waals surface area contributed by atoms with Gasteiger partial charge in [-0.15, -0.1) is 11.3 Å². The zero-order valence-electron chi connectivity index (χ0n) is 17.3. The highest BCUT2D eigenvalue weighted by Crippen LogP contribution is 2.23. The minimum absolute atomic E-state index is 0.189. The lowest BCUT2D eigenvalue weighted by Crippen LogP contribution is -2.11. The van der Waals surface area contributed by atoms with Gasteiger partial charge in [0.2, 0.25) is 0 Å². The molecular weight excluding hydrogens is 430 g/mol. The maximum atomic E-state index is 12.6. The number of aromatic nitrogens is 2. The van der Waals surface area contributed by atoms with Gasteiger partial charge in [-0.25, -0.2) is 0 Å². The van der Waals surface area contributed by atoms with Gasteiger partial charge >= 0.3 is 0 Å². The molecule has 0 fully saturated rings. The van der Waals surface area contributed by atoms with E-state index in [0.29, 0.717) is 28.9 Å². The summed E-state index contributed by atoms with van der Waals surface area (Å²) < 4.78 is 7.68. The van der Waals surface area contributed by atoms with Crippen LogP contribution in [0.25, 0.3) is 0 Å². The monoisotopic (exact) mass is 451 g/mol. The number of hydrogen-bond acceptors (Lipinski definition) is 4. The minimum Gasteiger partial charge on any atom is -0.489 e. The van der Waals surface area contributed by atoms with Gasteiger partial charge in [0.25, 0.3) is 5.91 Å². The summed E-state index contributed by atoms with van der Waals surface area (Å²) in [7, 11) is 0. The van der Waals surface area contributed by atoms with Crippen LogP contribution in [0.1, 0.15) is 31.9 Å². The summed E-state index contributed by atoms with van der Waals surface area (Å²) in [5.74, 6) is 1.17. The van der Waals surface area contributed by atoms with Crippen LogP contribution < -0.4 is 10.1 Å². The topological polar surface area (TPSA) is 56.1 Å². The number of benzene rings is 2. The third-order valence-electron chi connectivity index (χ3n) is 4.79. The first-order chi connectivity index (χ1) is 15.0. The lowest BCUT2D eigenvalue weighted by Gasteiger charge is -2.08. The summed E-state index contributed by atoms with van der Waals surface area (Å²) in [5, 5.41) is 9.90. The molecule has 1 N–H and O–H groups in total. The molecule has 0 saturated heterocycles. The molecule has 0 spiro atoms. The molecule has 2 aromatic carbocycles. The van der Waals surface area contributed by atoms with E-state index in [-0.39, 0.29) is 5.91 Å². The molecule has 4 rings (SSSR count). The number of thiophene rings is 1. The average molecular weight is 452 g/mol. The van der Waals surface area contributed by atoms with Gasteiger partial charge in [0.15, 0.2) is 5.82 Å². The van der Waals surface area contributed by atoms with Gasteiger partial charge in [-0.3, -0.25) is 9.48 Å². The van der Waals surface area contributed by atoms with Crippen LogP contribution >= 0.6 is 22.9 Å². The summed E-state index contributed by atoms with van der Waals surface area (Å²) in [6.07, 6.45) is 1.82. The molecule has 2 heterocycles. The molecule has 5 nitrogen and oxygen atoms in total. The second kappa shape index (κ2) is 9.37.